The van der Waals surface area contributed by atoms with Gasteiger partial charge in [0.2, 0.25) is 0 Å². The second-order valence-corrected chi connectivity index (χ2v) is 9.07. The van der Waals surface area contributed by atoms with Crippen LogP contribution < -0.4 is 0 Å². The van der Waals surface area contributed by atoms with Crippen molar-refractivity contribution in [3.05, 3.63) is 0 Å². The van der Waals surface area contributed by atoms with E-state index in [0.717, 1.165) is 44.9 Å². The zero-order valence-corrected chi connectivity index (χ0v) is 16.7. The predicted molar refractivity (Wildman–Crippen MR) is 102 cm³/mol. The second kappa shape index (κ2) is 15.2. The predicted octanol–water partition coefficient (Wildman–Crippen LogP) is 5.50. The molecule has 0 heterocycles. The van der Waals surface area contributed by atoms with E-state index in [2.05, 4.69) is 6.92 Å². The van der Waals surface area contributed by atoms with Crippen LogP contribution in [0, 0.1) is 0 Å². The normalized spacial score (nSPS) is 14.7. The number of aliphatic hydroxyl groups excluding tert-OH is 1. The van der Waals surface area contributed by atoms with Crippen molar-refractivity contribution in [2.45, 2.75) is 122 Å². The maximum Gasteiger partial charge on any atom is 0.267 e. The molecular weight excluding hydrogens is 324 g/mol. The molecule has 0 saturated heterocycles. The van der Waals surface area contributed by atoms with E-state index in [4.69, 9.17) is 4.55 Å². The van der Waals surface area contributed by atoms with Crippen LogP contribution >= 0.6 is 0 Å². The Morgan fingerprint density at radius 2 is 1.08 bits per heavy atom. The number of unbranched alkanes of at least 4 members (excludes halogenated alkanes) is 10. The van der Waals surface area contributed by atoms with Crippen LogP contribution in [0.25, 0.3) is 0 Å². The summed E-state index contributed by atoms with van der Waals surface area (Å²) in [7, 11) is -3.84. The Morgan fingerprint density at radius 3 is 1.50 bits per heavy atom. The van der Waals surface area contributed by atoms with E-state index in [-0.39, 0.29) is 6.10 Å². The molecule has 5 heteroatoms. The number of aliphatic hydroxyl groups is 1. The first-order chi connectivity index (χ1) is 11.4. The van der Waals surface area contributed by atoms with Gasteiger partial charge in [0.05, 0.1) is 11.4 Å². The van der Waals surface area contributed by atoms with Crippen LogP contribution in [-0.4, -0.2) is 29.4 Å². The summed E-state index contributed by atoms with van der Waals surface area (Å²) >= 11 is 0. The smallest absolute Gasteiger partial charge is 0.267 e. The summed E-state index contributed by atoms with van der Waals surface area (Å²) in [6.07, 6.45) is 16.4. The molecule has 4 nitrogen and oxygen atoms in total. The monoisotopic (exact) mass is 364 g/mol. The Balaban J connectivity index is 3.26. The molecule has 2 unspecified atom stereocenters. The SMILES string of the molecule is CCCCCC(O)CCCCCCCCCCCC(C)S(=O)(=O)O. The van der Waals surface area contributed by atoms with E-state index in [1.54, 1.807) is 6.92 Å². The van der Waals surface area contributed by atoms with Crippen molar-refractivity contribution in [2.24, 2.45) is 0 Å². The molecule has 0 aromatic carbocycles. The van der Waals surface area contributed by atoms with Crippen LogP contribution in [0.3, 0.4) is 0 Å². The molecular formula is C19H40O4S. The van der Waals surface area contributed by atoms with Gasteiger partial charge in [-0.25, -0.2) is 0 Å². The van der Waals surface area contributed by atoms with Gasteiger partial charge in [-0.05, 0) is 26.2 Å². The lowest BCUT2D eigenvalue weighted by Gasteiger charge is -2.09. The standard InChI is InChI=1S/C19H40O4S/c1-3-4-12-16-19(20)17-14-11-9-7-5-6-8-10-13-15-18(2)24(21,22)23/h18-20H,3-17H2,1-2H3,(H,21,22,23). The Kier molecular flexibility index (Phi) is 15.1. The summed E-state index contributed by atoms with van der Waals surface area (Å²) in [5.74, 6) is 0. The molecule has 0 aliphatic rings. The van der Waals surface area contributed by atoms with Crippen molar-refractivity contribution in [1.29, 1.82) is 0 Å². The molecule has 0 aromatic rings. The minimum Gasteiger partial charge on any atom is -0.393 e. The lowest BCUT2D eigenvalue weighted by Crippen LogP contribution is -2.16. The van der Waals surface area contributed by atoms with Gasteiger partial charge in [-0.3, -0.25) is 4.55 Å². The maximum atomic E-state index is 10.9. The summed E-state index contributed by atoms with van der Waals surface area (Å²) in [6, 6.07) is 0. The minimum absolute atomic E-state index is 0.0957. The summed E-state index contributed by atoms with van der Waals surface area (Å²) < 4.78 is 30.6. The fourth-order valence-corrected chi connectivity index (χ4v) is 3.44. The van der Waals surface area contributed by atoms with Crippen molar-refractivity contribution < 1.29 is 18.1 Å². The molecule has 0 aliphatic carbocycles. The quantitative estimate of drug-likeness (QED) is 0.264. The molecule has 0 fully saturated rings. The largest absolute Gasteiger partial charge is 0.393 e. The average molecular weight is 365 g/mol. The summed E-state index contributed by atoms with van der Waals surface area (Å²) in [5.41, 5.74) is 0. The first-order valence-electron chi connectivity index (χ1n) is 10.0. The Labute approximate surface area is 150 Å². The lowest BCUT2D eigenvalue weighted by atomic mass is 10.0. The molecule has 0 rings (SSSR count). The highest BCUT2D eigenvalue weighted by Crippen LogP contribution is 2.15. The topological polar surface area (TPSA) is 74.6 Å². The second-order valence-electron chi connectivity index (χ2n) is 7.23. The molecule has 0 amide bonds. The van der Waals surface area contributed by atoms with Crippen LogP contribution in [0.2, 0.25) is 0 Å². The van der Waals surface area contributed by atoms with Crippen molar-refractivity contribution in [2.75, 3.05) is 0 Å². The Hall–Kier alpha value is -0.130. The van der Waals surface area contributed by atoms with Crippen molar-refractivity contribution in [3.8, 4) is 0 Å². The van der Waals surface area contributed by atoms with Gasteiger partial charge in [0, 0.05) is 0 Å². The summed E-state index contributed by atoms with van der Waals surface area (Å²) in [6.45, 7) is 3.75. The Morgan fingerprint density at radius 1 is 0.708 bits per heavy atom. The van der Waals surface area contributed by atoms with Crippen LogP contribution in [0.1, 0.15) is 110 Å². The van der Waals surface area contributed by atoms with Crippen molar-refractivity contribution in [1.82, 2.24) is 0 Å². The van der Waals surface area contributed by atoms with E-state index in [9.17, 15) is 13.5 Å². The third-order valence-corrected chi connectivity index (χ3v) is 6.05. The lowest BCUT2D eigenvalue weighted by molar-refractivity contribution is 0.147. The van der Waals surface area contributed by atoms with Gasteiger partial charge in [0.1, 0.15) is 0 Å². The van der Waals surface area contributed by atoms with Gasteiger partial charge in [-0.2, -0.15) is 8.42 Å². The molecule has 0 aromatic heterocycles. The Bertz CT molecular complexity index is 368. The van der Waals surface area contributed by atoms with Gasteiger partial charge in [0.15, 0.2) is 0 Å². The average Bonchev–Trinajstić information content (AvgIpc) is 2.51. The molecule has 2 N–H and O–H groups in total. The zero-order valence-electron chi connectivity index (χ0n) is 15.9. The van der Waals surface area contributed by atoms with Gasteiger partial charge >= 0.3 is 0 Å². The molecule has 0 bridgehead atoms. The van der Waals surface area contributed by atoms with Gasteiger partial charge in [-0.1, -0.05) is 84.0 Å². The molecule has 0 aliphatic heterocycles. The third kappa shape index (κ3) is 15.4. The molecule has 146 valence electrons. The molecule has 0 spiro atoms. The number of hydrogen-bond acceptors (Lipinski definition) is 3. The van der Waals surface area contributed by atoms with Gasteiger partial charge in [-0.15, -0.1) is 0 Å². The summed E-state index contributed by atoms with van der Waals surface area (Å²) in [5, 5.41) is 9.21. The van der Waals surface area contributed by atoms with E-state index < -0.39 is 15.4 Å². The zero-order chi connectivity index (χ0) is 18.3. The fraction of sp³-hybridized carbons (Fsp3) is 1.00. The van der Waals surface area contributed by atoms with Crippen molar-refractivity contribution in [3.63, 3.8) is 0 Å². The first-order valence-corrected chi connectivity index (χ1v) is 11.5. The maximum absolute atomic E-state index is 10.9. The highest BCUT2D eigenvalue weighted by Gasteiger charge is 2.15. The van der Waals surface area contributed by atoms with Crippen LogP contribution in [0.15, 0.2) is 0 Å². The highest BCUT2D eigenvalue weighted by atomic mass is 32.2. The van der Waals surface area contributed by atoms with E-state index in [1.807, 2.05) is 0 Å². The molecule has 2 atom stereocenters. The van der Waals surface area contributed by atoms with E-state index in [1.165, 1.54) is 44.9 Å². The van der Waals surface area contributed by atoms with Gasteiger partial charge in [0.25, 0.3) is 10.1 Å². The van der Waals surface area contributed by atoms with E-state index >= 15 is 0 Å². The first kappa shape index (κ1) is 23.9. The van der Waals surface area contributed by atoms with Crippen molar-refractivity contribution >= 4 is 10.1 Å². The fourth-order valence-electron chi connectivity index (χ4n) is 2.97. The van der Waals surface area contributed by atoms with Gasteiger partial charge < -0.3 is 5.11 Å². The van der Waals surface area contributed by atoms with E-state index in [0.29, 0.717) is 6.42 Å². The third-order valence-electron chi connectivity index (χ3n) is 4.80. The summed E-state index contributed by atoms with van der Waals surface area (Å²) in [4.78, 5) is 0. The minimum atomic E-state index is -3.84. The molecule has 24 heavy (non-hydrogen) atoms. The number of rotatable bonds is 17. The molecule has 0 saturated carbocycles. The van der Waals surface area contributed by atoms with Crippen LogP contribution in [0.5, 0.6) is 0 Å². The molecule has 0 radical (unpaired) electrons. The number of hydrogen-bond donors (Lipinski definition) is 2. The van der Waals surface area contributed by atoms with Crippen LogP contribution in [-0.2, 0) is 10.1 Å². The highest BCUT2D eigenvalue weighted by molar-refractivity contribution is 7.86. The van der Waals surface area contributed by atoms with Crippen LogP contribution in [0.4, 0.5) is 0 Å².